The minimum atomic E-state index is -4.05. The molecule has 156 valence electrons. The van der Waals surface area contributed by atoms with Crippen LogP contribution in [0.1, 0.15) is 5.56 Å². The number of pyridine rings is 1. The van der Waals surface area contributed by atoms with Crippen molar-refractivity contribution in [2.75, 3.05) is 22.9 Å². The predicted molar refractivity (Wildman–Crippen MR) is 127 cm³/mol. The molecule has 0 spiro atoms. The van der Waals surface area contributed by atoms with Crippen LogP contribution in [-0.2, 0) is 16.7 Å². The third-order valence-corrected chi connectivity index (χ3v) is 5.44. The van der Waals surface area contributed by atoms with Gasteiger partial charge in [-0.05, 0) is 35.9 Å². The summed E-state index contributed by atoms with van der Waals surface area (Å²) in [5.41, 5.74) is 4.66. The van der Waals surface area contributed by atoms with E-state index in [1.54, 1.807) is 6.07 Å². The van der Waals surface area contributed by atoms with Gasteiger partial charge in [-0.3, -0.25) is 4.55 Å². The average Bonchev–Trinajstić information content (AvgIpc) is 2.72. The fourth-order valence-electron chi connectivity index (χ4n) is 3.40. The predicted octanol–water partition coefficient (Wildman–Crippen LogP) is 3.28. The van der Waals surface area contributed by atoms with Gasteiger partial charge in [0.05, 0.1) is 29.1 Å². The van der Waals surface area contributed by atoms with E-state index in [2.05, 4.69) is 10.6 Å². The molecule has 0 aliphatic heterocycles. The van der Waals surface area contributed by atoms with Crippen LogP contribution in [0.2, 0.25) is 0 Å². The van der Waals surface area contributed by atoms with E-state index < -0.39 is 15.9 Å². The van der Waals surface area contributed by atoms with Gasteiger partial charge in [0.15, 0.2) is 0 Å². The first kappa shape index (κ1) is 23.5. The zero-order valence-corrected chi connectivity index (χ0v) is 16.9. The Morgan fingerprint density at radius 3 is 2.03 bits per heavy atom. The molecule has 4 aromatic rings. The molecule has 0 saturated heterocycles. The monoisotopic (exact) mass is 447 g/mol. The molecule has 0 saturated carbocycles. The number of hydrogen-bond donors (Lipinski definition) is 4. The Morgan fingerprint density at radius 1 is 0.871 bits per heavy atom. The molecule has 0 amide bonds. The molecule has 4 rings (SSSR count). The number of fused-ring (bicyclic) bond motifs is 2. The van der Waals surface area contributed by atoms with Gasteiger partial charge in [-0.1, -0.05) is 36.4 Å². The molecule has 3 aromatic carbocycles. The summed E-state index contributed by atoms with van der Waals surface area (Å²) >= 11 is 0. The van der Waals surface area contributed by atoms with Crippen molar-refractivity contribution in [3.63, 3.8) is 0 Å². The Kier molecular flexibility index (Phi) is 7.53. The molecule has 0 radical (unpaired) electrons. The van der Waals surface area contributed by atoms with Crippen LogP contribution in [-0.4, -0.2) is 64.9 Å². The molecule has 31 heavy (non-hydrogen) atoms. The van der Waals surface area contributed by atoms with E-state index in [1.165, 1.54) is 0 Å². The summed E-state index contributed by atoms with van der Waals surface area (Å²) in [4.78, 5) is 4.72. The second-order valence-electron chi connectivity index (χ2n) is 6.94. The number of nitrogens with zero attached hydrogens (tertiary/aromatic N) is 1. The maximum atomic E-state index is 11.0. The summed E-state index contributed by atoms with van der Waals surface area (Å²) in [5, 5.41) is 18.0. The SMILES string of the molecule is O=S(=O)(O)CCNc1cc(CO)cc(Nc2c3ccccc3nc3ccccc23)c1.[NaH]. The van der Waals surface area contributed by atoms with E-state index in [-0.39, 0.29) is 42.7 Å². The van der Waals surface area contributed by atoms with E-state index >= 15 is 0 Å². The Balaban J connectivity index is 0.00000272. The van der Waals surface area contributed by atoms with Gasteiger partial charge < -0.3 is 15.7 Å². The van der Waals surface area contributed by atoms with Crippen LogP contribution in [0.5, 0.6) is 0 Å². The van der Waals surface area contributed by atoms with Gasteiger partial charge in [-0.15, -0.1) is 0 Å². The van der Waals surface area contributed by atoms with Crippen molar-refractivity contribution < 1.29 is 18.1 Å². The fourth-order valence-corrected chi connectivity index (χ4v) is 3.76. The summed E-state index contributed by atoms with van der Waals surface area (Å²) < 4.78 is 30.8. The molecular formula is C22H22N3NaO4S. The number of rotatable bonds is 7. The van der Waals surface area contributed by atoms with Gasteiger partial charge in [0.2, 0.25) is 0 Å². The average molecular weight is 447 g/mol. The molecule has 4 N–H and O–H groups in total. The summed E-state index contributed by atoms with van der Waals surface area (Å²) in [6.45, 7) is -0.116. The normalized spacial score (nSPS) is 11.3. The van der Waals surface area contributed by atoms with Gasteiger partial charge in [-0.25, -0.2) is 4.98 Å². The first-order valence-corrected chi connectivity index (χ1v) is 11.0. The zero-order chi connectivity index (χ0) is 21.1. The minimum absolute atomic E-state index is 0. The Labute approximate surface area is 202 Å². The number of aliphatic hydroxyl groups excluding tert-OH is 1. The second-order valence-corrected chi connectivity index (χ2v) is 8.51. The van der Waals surface area contributed by atoms with Gasteiger partial charge >= 0.3 is 29.6 Å². The molecule has 0 atom stereocenters. The second kappa shape index (κ2) is 9.95. The van der Waals surface area contributed by atoms with Crippen LogP contribution in [0.15, 0.2) is 66.7 Å². The Hall–Kier alpha value is -2.20. The quantitative estimate of drug-likeness (QED) is 0.195. The van der Waals surface area contributed by atoms with Gasteiger partial charge in [-0.2, -0.15) is 8.42 Å². The Bertz CT molecular complexity index is 1280. The number of hydrogen-bond acceptors (Lipinski definition) is 6. The van der Waals surface area contributed by atoms with E-state index in [1.807, 2.05) is 60.7 Å². The topological polar surface area (TPSA) is 112 Å². The van der Waals surface area contributed by atoms with E-state index in [0.717, 1.165) is 33.2 Å². The van der Waals surface area contributed by atoms with E-state index in [9.17, 15) is 13.5 Å². The molecular weight excluding hydrogens is 425 g/mol. The molecule has 0 fully saturated rings. The van der Waals surface area contributed by atoms with E-state index in [0.29, 0.717) is 11.3 Å². The third-order valence-electron chi connectivity index (χ3n) is 4.72. The molecule has 0 bridgehead atoms. The van der Waals surface area contributed by atoms with Crippen LogP contribution in [0.25, 0.3) is 21.8 Å². The van der Waals surface area contributed by atoms with Crippen molar-refractivity contribution in [1.29, 1.82) is 0 Å². The standard InChI is InChI=1S/C22H21N3O4S.Na.H/c26-14-15-11-16(23-9-10-30(27,28)29)13-17(12-15)24-22-18-5-1-3-7-20(18)25-21-8-4-2-6-19(21)22;;/h1-8,11-13,23,26H,9-10,14H2,(H,24,25)(H,27,28,29);;. The summed E-state index contributed by atoms with van der Waals surface area (Å²) in [5.74, 6) is -0.404. The van der Waals surface area contributed by atoms with Crippen LogP contribution in [0, 0.1) is 0 Å². The van der Waals surface area contributed by atoms with E-state index in [4.69, 9.17) is 9.54 Å². The summed E-state index contributed by atoms with van der Waals surface area (Å²) in [7, 11) is -4.05. The van der Waals surface area contributed by atoms with Crippen molar-refractivity contribution >= 4 is 78.5 Å². The number of nitrogens with one attached hydrogen (secondary N) is 2. The van der Waals surface area contributed by atoms with Gasteiger partial charge in [0.1, 0.15) is 0 Å². The van der Waals surface area contributed by atoms with Crippen molar-refractivity contribution in [3.05, 3.63) is 72.3 Å². The molecule has 1 heterocycles. The summed E-state index contributed by atoms with van der Waals surface area (Å²) in [6.07, 6.45) is 0. The van der Waals surface area contributed by atoms with Crippen molar-refractivity contribution in [3.8, 4) is 0 Å². The fraction of sp³-hybridized carbons (Fsp3) is 0.136. The molecule has 0 aliphatic rings. The number of aromatic nitrogens is 1. The maximum absolute atomic E-state index is 11.0. The van der Waals surface area contributed by atoms with Crippen LogP contribution in [0.4, 0.5) is 17.1 Å². The van der Waals surface area contributed by atoms with Crippen LogP contribution < -0.4 is 10.6 Å². The van der Waals surface area contributed by atoms with Crippen LogP contribution >= 0.6 is 0 Å². The molecule has 0 unspecified atom stereocenters. The Morgan fingerprint density at radius 2 is 1.45 bits per heavy atom. The third kappa shape index (κ3) is 5.74. The van der Waals surface area contributed by atoms with Gasteiger partial charge in [0.25, 0.3) is 10.1 Å². The molecule has 9 heteroatoms. The number of benzene rings is 3. The first-order chi connectivity index (χ1) is 14.4. The van der Waals surface area contributed by atoms with Crippen molar-refractivity contribution in [2.24, 2.45) is 0 Å². The molecule has 7 nitrogen and oxygen atoms in total. The number of para-hydroxylation sites is 2. The van der Waals surface area contributed by atoms with Crippen LogP contribution in [0.3, 0.4) is 0 Å². The van der Waals surface area contributed by atoms with Crippen molar-refractivity contribution in [1.82, 2.24) is 4.98 Å². The first-order valence-electron chi connectivity index (χ1n) is 9.41. The van der Waals surface area contributed by atoms with Gasteiger partial charge in [0, 0.05) is 28.7 Å². The zero-order valence-electron chi connectivity index (χ0n) is 16.0. The molecule has 0 aliphatic carbocycles. The summed E-state index contributed by atoms with van der Waals surface area (Å²) in [6, 6.07) is 21.1. The number of anilines is 3. The molecule has 1 aromatic heterocycles. The van der Waals surface area contributed by atoms with Crippen molar-refractivity contribution in [2.45, 2.75) is 6.61 Å². The number of aliphatic hydroxyl groups is 1.